The van der Waals surface area contributed by atoms with E-state index in [0.29, 0.717) is 23.4 Å². The number of imidazole rings is 1. The molecule has 26 heavy (non-hydrogen) atoms. The first-order valence-corrected chi connectivity index (χ1v) is 7.81. The number of rotatable bonds is 4. The first-order valence-electron chi connectivity index (χ1n) is 7.81. The summed E-state index contributed by atoms with van der Waals surface area (Å²) in [5.41, 5.74) is 0.871. The number of nitrogens with zero attached hydrogens (tertiary/aromatic N) is 3. The summed E-state index contributed by atoms with van der Waals surface area (Å²) < 4.78 is 35.8. The molecular weight excluding hydrogens is 340 g/mol. The second-order valence-electron chi connectivity index (χ2n) is 5.76. The Balaban J connectivity index is 1.69. The third kappa shape index (κ3) is 2.95. The molecule has 4 rings (SSSR count). The lowest BCUT2D eigenvalue weighted by Crippen LogP contribution is -2.00. The Bertz CT molecular complexity index is 1040. The zero-order valence-corrected chi connectivity index (χ0v) is 13.4. The van der Waals surface area contributed by atoms with Crippen LogP contribution in [-0.4, -0.2) is 19.8 Å². The molecule has 0 aliphatic rings. The van der Waals surface area contributed by atoms with Crippen molar-refractivity contribution in [3.63, 3.8) is 0 Å². The average Bonchev–Trinajstić information content (AvgIpc) is 3.27. The summed E-state index contributed by atoms with van der Waals surface area (Å²) in [7, 11) is 0. The highest BCUT2D eigenvalue weighted by Crippen LogP contribution is 2.33. The van der Waals surface area contributed by atoms with Gasteiger partial charge in [-0.05, 0) is 29.8 Å². The molecule has 0 aliphatic carbocycles. The van der Waals surface area contributed by atoms with Crippen LogP contribution in [-0.2, 0) is 6.54 Å². The van der Waals surface area contributed by atoms with Gasteiger partial charge in [-0.1, -0.05) is 17.3 Å². The number of benzene rings is 2. The van der Waals surface area contributed by atoms with Crippen molar-refractivity contribution in [1.82, 2.24) is 14.7 Å². The van der Waals surface area contributed by atoms with Crippen LogP contribution < -0.4 is 0 Å². The van der Waals surface area contributed by atoms with Crippen LogP contribution in [0, 0.1) is 11.6 Å². The molecule has 0 saturated heterocycles. The van der Waals surface area contributed by atoms with Crippen LogP contribution in [0.15, 0.2) is 65.7 Å². The molecule has 0 unspecified atom stereocenters. The first kappa shape index (κ1) is 16.0. The molecule has 0 saturated carbocycles. The Hall–Kier alpha value is -3.48. The van der Waals surface area contributed by atoms with Crippen molar-refractivity contribution in [2.75, 3.05) is 0 Å². The lowest BCUT2D eigenvalue weighted by molar-refractivity contribution is 0.427. The lowest BCUT2D eigenvalue weighted by atomic mass is 10.1. The van der Waals surface area contributed by atoms with E-state index in [2.05, 4.69) is 10.1 Å². The van der Waals surface area contributed by atoms with E-state index in [0.717, 1.165) is 0 Å². The molecule has 0 atom stereocenters. The van der Waals surface area contributed by atoms with E-state index in [4.69, 9.17) is 4.52 Å². The van der Waals surface area contributed by atoms with E-state index in [9.17, 15) is 13.9 Å². The van der Waals surface area contributed by atoms with Gasteiger partial charge >= 0.3 is 0 Å². The van der Waals surface area contributed by atoms with Crippen LogP contribution in [0.25, 0.3) is 22.6 Å². The maximum atomic E-state index is 14.5. The van der Waals surface area contributed by atoms with Crippen LogP contribution in [0.5, 0.6) is 5.75 Å². The minimum Gasteiger partial charge on any atom is -0.507 e. The Morgan fingerprint density at radius 2 is 1.85 bits per heavy atom. The summed E-state index contributed by atoms with van der Waals surface area (Å²) in [6, 6.07) is 10.4. The van der Waals surface area contributed by atoms with Gasteiger partial charge in [-0.3, -0.25) is 0 Å². The van der Waals surface area contributed by atoms with Crippen LogP contribution in [0.1, 0.15) is 5.56 Å². The first-order chi connectivity index (χ1) is 12.6. The zero-order valence-electron chi connectivity index (χ0n) is 13.4. The van der Waals surface area contributed by atoms with Gasteiger partial charge in [0.1, 0.15) is 23.1 Å². The Kier molecular flexibility index (Phi) is 3.96. The second kappa shape index (κ2) is 6.44. The van der Waals surface area contributed by atoms with Crippen molar-refractivity contribution >= 4 is 0 Å². The van der Waals surface area contributed by atoms with Gasteiger partial charge in [-0.25, -0.2) is 13.8 Å². The number of halogens is 2. The minimum atomic E-state index is -0.750. The molecule has 5 nitrogen and oxygen atoms in total. The summed E-state index contributed by atoms with van der Waals surface area (Å²) in [6.45, 7) is 0.299. The fraction of sp³-hybridized carbons (Fsp3) is 0.0526. The van der Waals surface area contributed by atoms with Crippen molar-refractivity contribution in [3.8, 4) is 28.3 Å². The molecule has 2 heterocycles. The molecule has 130 valence electrons. The van der Waals surface area contributed by atoms with Crippen molar-refractivity contribution in [3.05, 3.63) is 78.4 Å². The van der Waals surface area contributed by atoms with Gasteiger partial charge in [0, 0.05) is 30.6 Å². The van der Waals surface area contributed by atoms with Crippen molar-refractivity contribution in [2.45, 2.75) is 6.54 Å². The van der Waals surface area contributed by atoms with E-state index in [1.165, 1.54) is 24.3 Å². The molecule has 1 N–H and O–H groups in total. The van der Waals surface area contributed by atoms with Gasteiger partial charge in [0.2, 0.25) is 0 Å². The molecular formula is C19H13F2N3O2. The highest BCUT2D eigenvalue weighted by molar-refractivity contribution is 5.71. The van der Waals surface area contributed by atoms with E-state index < -0.39 is 11.6 Å². The molecule has 0 radical (unpaired) electrons. The lowest BCUT2D eigenvalue weighted by Gasteiger charge is -2.06. The fourth-order valence-electron chi connectivity index (χ4n) is 2.75. The molecule has 0 bridgehead atoms. The largest absolute Gasteiger partial charge is 0.507 e. The van der Waals surface area contributed by atoms with Crippen LogP contribution >= 0.6 is 0 Å². The number of aromatic nitrogens is 3. The SMILES string of the molecule is Oc1ccccc1-c1cc(-c2c(F)cc(Cn3ccnc3)cc2F)on1. The maximum Gasteiger partial charge on any atom is 0.173 e. The molecule has 0 spiro atoms. The third-order valence-corrected chi connectivity index (χ3v) is 3.96. The van der Waals surface area contributed by atoms with Gasteiger partial charge in [0.15, 0.2) is 5.76 Å². The van der Waals surface area contributed by atoms with Gasteiger partial charge in [-0.15, -0.1) is 0 Å². The molecule has 0 aliphatic heterocycles. The van der Waals surface area contributed by atoms with E-state index >= 15 is 0 Å². The minimum absolute atomic E-state index is 0.00368. The number of para-hydroxylation sites is 1. The van der Waals surface area contributed by atoms with E-state index in [-0.39, 0.29) is 17.1 Å². The molecule has 4 aromatic rings. The quantitative estimate of drug-likeness (QED) is 0.596. The number of phenolic OH excluding ortho intramolecular Hbond substituents is 1. The normalized spacial score (nSPS) is 11.0. The van der Waals surface area contributed by atoms with E-state index in [1.54, 1.807) is 41.5 Å². The number of hydrogen-bond donors (Lipinski definition) is 1. The highest BCUT2D eigenvalue weighted by Gasteiger charge is 2.19. The smallest absolute Gasteiger partial charge is 0.173 e. The molecule has 0 fully saturated rings. The molecule has 7 heteroatoms. The van der Waals surface area contributed by atoms with Crippen LogP contribution in [0.3, 0.4) is 0 Å². The monoisotopic (exact) mass is 353 g/mol. The summed E-state index contributed by atoms with van der Waals surface area (Å²) in [4.78, 5) is 3.90. The maximum absolute atomic E-state index is 14.5. The Morgan fingerprint density at radius 3 is 2.54 bits per heavy atom. The van der Waals surface area contributed by atoms with Crippen molar-refractivity contribution in [1.29, 1.82) is 0 Å². The van der Waals surface area contributed by atoms with Crippen molar-refractivity contribution < 1.29 is 18.4 Å². The third-order valence-electron chi connectivity index (χ3n) is 3.96. The van der Waals surface area contributed by atoms with Crippen LogP contribution in [0.2, 0.25) is 0 Å². The number of hydrogen-bond acceptors (Lipinski definition) is 4. The van der Waals surface area contributed by atoms with Gasteiger partial charge < -0.3 is 14.2 Å². The predicted molar refractivity (Wildman–Crippen MR) is 90.3 cm³/mol. The number of aromatic hydroxyl groups is 1. The summed E-state index contributed by atoms with van der Waals surface area (Å²) in [5, 5.41) is 13.7. The summed E-state index contributed by atoms with van der Waals surface area (Å²) in [6.07, 6.45) is 4.87. The highest BCUT2D eigenvalue weighted by atomic mass is 19.1. The number of phenols is 1. The zero-order chi connectivity index (χ0) is 18.1. The Morgan fingerprint density at radius 1 is 1.08 bits per heavy atom. The van der Waals surface area contributed by atoms with Gasteiger partial charge in [0.25, 0.3) is 0 Å². The van der Waals surface area contributed by atoms with Gasteiger partial charge in [-0.2, -0.15) is 0 Å². The molecule has 2 aromatic heterocycles. The fourth-order valence-corrected chi connectivity index (χ4v) is 2.75. The predicted octanol–water partition coefficient (Wildman–Crippen LogP) is 4.24. The van der Waals surface area contributed by atoms with Crippen molar-refractivity contribution in [2.24, 2.45) is 0 Å². The summed E-state index contributed by atoms with van der Waals surface area (Å²) >= 11 is 0. The standard InChI is InChI=1S/C19H13F2N3O2/c20-14-7-12(10-24-6-5-22-11-24)8-15(21)19(14)18-9-16(23-26-18)13-3-1-2-4-17(13)25/h1-9,11,25H,10H2. The topological polar surface area (TPSA) is 64.1 Å². The average molecular weight is 353 g/mol. The molecule has 0 amide bonds. The molecule has 2 aromatic carbocycles. The summed E-state index contributed by atoms with van der Waals surface area (Å²) in [5.74, 6) is -1.54. The van der Waals surface area contributed by atoms with E-state index in [1.807, 2.05) is 0 Å². The second-order valence-corrected chi connectivity index (χ2v) is 5.76. The van der Waals surface area contributed by atoms with Gasteiger partial charge in [0.05, 0.1) is 11.9 Å². The Labute approximate surface area is 147 Å². The van der Waals surface area contributed by atoms with Crippen LogP contribution in [0.4, 0.5) is 8.78 Å².